The van der Waals surface area contributed by atoms with E-state index < -0.39 is 11.2 Å². The Hall–Kier alpha value is -1.63. The SMILES string of the molecule is CC(C)(C)OC(=O)N1CCn2c(nnc2C(C)(C)O)C1. The third kappa shape index (κ3) is 3.09. The van der Waals surface area contributed by atoms with Crippen LogP contribution in [-0.2, 0) is 23.4 Å². The van der Waals surface area contributed by atoms with Gasteiger partial charge in [0.15, 0.2) is 11.6 Å². The molecule has 0 radical (unpaired) electrons. The Balaban J connectivity index is 2.13. The van der Waals surface area contributed by atoms with Crippen molar-refractivity contribution in [3.63, 3.8) is 0 Å². The van der Waals surface area contributed by atoms with Gasteiger partial charge in [0.05, 0.1) is 6.54 Å². The minimum Gasteiger partial charge on any atom is -0.444 e. The topological polar surface area (TPSA) is 80.5 Å². The number of amides is 1. The fourth-order valence-electron chi connectivity index (χ4n) is 2.09. The van der Waals surface area contributed by atoms with E-state index in [-0.39, 0.29) is 6.09 Å². The van der Waals surface area contributed by atoms with E-state index in [1.165, 1.54) is 0 Å². The number of nitrogens with zero attached hydrogens (tertiary/aromatic N) is 4. The number of hydrogen-bond donors (Lipinski definition) is 1. The molecule has 0 fully saturated rings. The van der Waals surface area contributed by atoms with Crippen molar-refractivity contribution in [3.8, 4) is 0 Å². The van der Waals surface area contributed by atoms with Crippen LogP contribution in [0.4, 0.5) is 4.79 Å². The van der Waals surface area contributed by atoms with Crippen LogP contribution in [0.3, 0.4) is 0 Å². The van der Waals surface area contributed by atoms with Crippen molar-refractivity contribution in [1.29, 1.82) is 0 Å². The zero-order chi connectivity index (χ0) is 15.1. The van der Waals surface area contributed by atoms with Gasteiger partial charge < -0.3 is 14.4 Å². The van der Waals surface area contributed by atoms with Crippen LogP contribution in [0.1, 0.15) is 46.3 Å². The molecule has 0 saturated heterocycles. The summed E-state index contributed by atoms with van der Waals surface area (Å²) < 4.78 is 7.21. The van der Waals surface area contributed by atoms with Crippen LogP contribution in [0.2, 0.25) is 0 Å². The number of rotatable bonds is 1. The highest BCUT2D eigenvalue weighted by atomic mass is 16.6. The van der Waals surface area contributed by atoms with Crippen molar-refractivity contribution >= 4 is 6.09 Å². The van der Waals surface area contributed by atoms with Crippen LogP contribution in [0.15, 0.2) is 0 Å². The zero-order valence-corrected chi connectivity index (χ0v) is 12.7. The lowest BCUT2D eigenvalue weighted by atomic mass is 10.1. The standard InChI is InChI=1S/C13H22N4O3/c1-12(2,3)20-11(18)16-6-7-17-9(8-16)14-15-10(17)13(4,5)19/h19H,6-8H2,1-5H3. The first-order valence-electron chi connectivity index (χ1n) is 6.71. The van der Waals surface area contributed by atoms with Crippen LogP contribution in [-0.4, -0.2) is 43.0 Å². The Bertz CT molecular complexity index is 511. The molecule has 0 unspecified atom stereocenters. The van der Waals surface area contributed by atoms with Gasteiger partial charge in [0.2, 0.25) is 0 Å². The molecule has 0 spiro atoms. The van der Waals surface area contributed by atoms with Crippen LogP contribution < -0.4 is 0 Å². The predicted octanol–water partition coefficient (Wildman–Crippen LogP) is 1.26. The highest BCUT2D eigenvalue weighted by Crippen LogP contribution is 2.22. The minimum atomic E-state index is -1.04. The second-order valence-electron chi connectivity index (χ2n) is 6.55. The van der Waals surface area contributed by atoms with Crippen molar-refractivity contribution in [2.45, 2.75) is 58.9 Å². The van der Waals surface area contributed by atoms with E-state index in [9.17, 15) is 9.90 Å². The zero-order valence-electron chi connectivity index (χ0n) is 12.7. The Labute approximate surface area is 118 Å². The van der Waals surface area contributed by atoms with Gasteiger partial charge in [0, 0.05) is 13.1 Å². The van der Waals surface area contributed by atoms with Crippen LogP contribution >= 0.6 is 0 Å². The Morgan fingerprint density at radius 3 is 2.40 bits per heavy atom. The first kappa shape index (κ1) is 14.8. The van der Waals surface area contributed by atoms with Gasteiger partial charge in [0.25, 0.3) is 0 Å². The molecule has 2 rings (SSSR count). The number of ether oxygens (including phenoxy) is 1. The summed E-state index contributed by atoms with van der Waals surface area (Å²) in [4.78, 5) is 13.6. The second-order valence-corrected chi connectivity index (χ2v) is 6.55. The highest BCUT2D eigenvalue weighted by Gasteiger charge is 2.31. The lowest BCUT2D eigenvalue weighted by molar-refractivity contribution is 0.0184. The summed E-state index contributed by atoms with van der Waals surface area (Å²) in [5, 5.41) is 18.1. The summed E-state index contributed by atoms with van der Waals surface area (Å²) in [6, 6.07) is 0. The van der Waals surface area contributed by atoms with E-state index in [1.54, 1.807) is 18.7 Å². The third-order valence-electron chi connectivity index (χ3n) is 2.95. The van der Waals surface area contributed by atoms with Crippen molar-refractivity contribution in [3.05, 3.63) is 11.6 Å². The van der Waals surface area contributed by atoms with Crippen molar-refractivity contribution in [2.24, 2.45) is 0 Å². The first-order valence-corrected chi connectivity index (χ1v) is 6.71. The summed E-state index contributed by atoms with van der Waals surface area (Å²) in [5.74, 6) is 1.19. The molecule has 2 heterocycles. The lowest BCUT2D eigenvalue weighted by Gasteiger charge is -2.31. The van der Waals surface area contributed by atoms with E-state index in [0.29, 0.717) is 31.3 Å². The normalized spacial score (nSPS) is 16.0. The summed E-state index contributed by atoms with van der Waals surface area (Å²) in [6.45, 7) is 10.3. The maximum Gasteiger partial charge on any atom is 0.410 e. The van der Waals surface area contributed by atoms with Crippen LogP contribution in [0, 0.1) is 0 Å². The Morgan fingerprint density at radius 2 is 1.85 bits per heavy atom. The molecule has 1 amide bonds. The van der Waals surface area contributed by atoms with Gasteiger partial charge in [-0.25, -0.2) is 4.79 Å². The largest absolute Gasteiger partial charge is 0.444 e. The summed E-state index contributed by atoms with van der Waals surface area (Å²) >= 11 is 0. The van der Waals surface area contributed by atoms with Gasteiger partial charge in [-0.3, -0.25) is 4.90 Å². The van der Waals surface area contributed by atoms with Gasteiger partial charge in [-0.1, -0.05) is 0 Å². The van der Waals surface area contributed by atoms with Gasteiger partial charge in [0.1, 0.15) is 11.2 Å². The molecular weight excluding hydrogens is 260 g/mol. The second kappa shape index (κ2) is 4.73. The van der Waals surface area contributed by atoms with E-state index >= 15 is 0 Å². The molecular formula is C13H22N4O3. The third-order valence-corrected chi connectivity index (χ3v) is 2.95. The lowest BCUT2D eigenvalue weighted by Crippen LogP contribution is -2.42. The average Bonchev–Trinajstić information content (AvgIpc) is 2.68. The molecule has 0 atom stereocenters. The molecule has 0 aromatic carbocycles. The number of carbonyl (C=O) groups excluding carboxylic acids is 1. The van der Waals surface area contributed by atoms with E-state index in [4.69, 9.17) is 4.74 Å². The van der Waals surface area contributed by atoms with Gasteiger partial charge in [-0.05, 0) is 34.6 Å². The minimum absolute atomic E-state index is 0.345. The Morgan fingerprint density at radius 1 is 1.20 bits per heavy atom. The van der Waals surface area contributed by atoms with Crippen molar-refractivity contribution in [2.75, 3.05) is 6.54 Å². The fraction of sp³-hybridized carbons (Fsp3) is 0.769. The predicted molar refractivity (Wildman–Crippen MR) is 71.9 cm³/mol. The van der Waals surface area contributed by atoms with Crippen LogP contribution in [0.5, 0.6) is 0 Å². The summed E-state index contributed by atoms with van der Waals surface area (Å²) in [6.07, 6.45) is -0.350. The van der Waals surface area contributed by atoms with E-state index in [2.05, 4.69) is 10.2 Å². The number of fused-ring (bicyclic) bond motifs is 1. The maximum absolute atomic E-state index is 12.0. The van der Waals surface area contributed by atoms with E-state index in [0.717, 1.165) is 0 Å². The average molecular weight is 282 g/mol. The quantitative estimate of drug-likeness (QED) is 0.838. The molecule has 0 aliphatic carbocycles. The molecule has 1 aliphatic rings. The molecule has 20 heavy (non-hydrogen) atoms. The number of aromatic nitrogens is 3. The molecule has 0 bridgehead atoms. The number of aliphatic hydroxyl groups is 1. The first-order chi connectivity index (χ1) is 9.08. The summed E-state index contributed by atoms with van der Waals surface area (Å²) in [5.41, 5.74) is -1.56. The maximum atomic E-state index is 12.0. The van der Waals surface area contributed by atoms with Gasteiger partial charge in [-0.2, -0.15) is 0 Å². The molecule has 7 heteroatoms. The van der Waals surface area contributed by atoms with Crippen molar-refractivity contribution < 1.29 is 14.6 Å². The highest BCUT2D eigenvalue weighted by molar-refractivity contribution is 5.68. The van der Waals surface area contributed by atoms with Crippen molar-refractivity contribution in [1.82, 2.24) is 19.7 Å². The number of hydrogen-bond acceptors (Lipinski definition) is 5. The Kier molecular flexibility index (Phi) is 3.49. The van der Waals surface area contributed by atoms with Gasteiger partial charge in [-0.15, -0.1) is 10.2 Å². The molecule has 1 aromatic heterocycles. The molecule has 1 N–H and O–H groups in total. The van der Waals surface area contributed by atoms with Crippen LogP contribution in [0.25, 0.3) is 0 Å². The number of carbonyl (C=O) groups is 1. The molecule has 1 aromatic rings. The smallest absolute Gasteiger partial charge is 0.410 e. The molecule has 1 aliphatic heterocycles. The monoisotopic (exact) mass is 282 g/mol. The molecule has 112 valence electrons. The summed E-state index contributed by atoms with van der Waals surface area (Å²) in [7, 11) is 0. The van der Waals surface area contributed by atoms with E-state index in [1.807, 2.05) is 25.3 Å². The fourth-order valence-corrected chi connectivity index (χ4v) is 2.09. The molecule has 7 nitrogen and oxygen atoms in total. The van der Waals surface area contributed by atoms with Gasteiger partial charge >= 0.3 is 6.09 Å². The molecule has 0 saturated carbocycles.